The summed E-state index contributed by atoms with van der Waals surface area (Å²) in [5.74, 6) is 1.08. The number of thiophene rings is 1. The molecule has 0 bridgehead atoms. The quantitative estimate of drug-likeness (QED) is 0.768. The highest BCUT2D eigenvalue weighted by Crippen LogP contribution is 2.28. The average Bonchev–Trinajstić information content (AvgIpc) is 2.97. The monoisotopic (exact) mass is 269 g/mol. The van der Waals surface area contributed by atoms with Gasteiger partial charge in [0.25, 0.3) is 5.89 Å². The summed E-state index contributed by atoms with van der Waals surface area (Å²) in [5.41, 5.74) is 6.58. The Morgan fingerprint density at radius 2 is 2.28 bits per heavy atom. The molecule has 0 saturated heterocycles. The number of rotatable bonds is 7. The van der Waals surface area contributed by atoms with Crippen molar-refractivity contribution in [2.24, 2.45) is 0 Å². The molecule has 0 aliphatic carbocycles. The van der Waals surface area contributed by atoms with Crippen molar-refractivity contribution in [3.8, 4) is 11.5 Å². The number of methoxy groups -OCH3 is 1. The Kier molecular flexibility index (Phi) is 4.68. The van der Waals surface area contributed by atoms with E-state index >= 15 is 0 Å². The van der Waals surface area contributed by atoms with Crippen LogP contribution in [0.3, 0.4) is 0 Å². The maximum atomic E-state index is 5.79. The molecule has 0 amide bonds. The van der Waals surface area contributed by atoms with Gasteiger partial charge in [0.1, 0.15) is 0 Å². The van der Waals surface area contributed by atoms with Gasteiger partial charge in [0.2, 0.25) is 0 Å². The summed E-state index contributed by atoms with van der Waals surface area (Å²) in [6.45, 7) is 1.70. The van der Waals surface area contributed by atoms with Crippen molar-refractivity contribution in [2.75, 3.05) is 32.7 Å². The highest BCUT2D eigenvalue weighted by molar-refractivity contribution is 7.14. The van der Waals surface area contributed by atoms with Crippen molar-refractivity contribution in [2.45, 2.75) is 6.42 Å². The summed E-state index contributed by atoms with van der Waals surface area (Å²) in [7, 11) is 1.64. The summed E-state index contributed by atoms with van der Waals surface area (Å²) >= 11 is 1.45. The third-order valence-corrected chi connectivity index (χ3v) is 3.04. The smallest absolute Gasteiger partial charge is 0.260 e. The molecule has 98 valence electrons. The molecule has 2 N–H and O–H groups in total. The lowest BCUT2D eigenvalue weighted by Crippen LogP contribution is -2.05. The second kappa shape index (κ2) is 6.48. The van der Waals surface area contributed by atoms with Crippen LogP contribution < -0.4 is 5.73 Å². The fraction of sp³-hybridized carbons (Fsp3) is 0.455. The second-order valence-electron chi connectivity index (χ2n) is 3.57. The largest absolute Gasteiger partial charge is 0.390 e. The molecule has 0 aromatic carbocycles. The molecule has 0 atom stereocenters. The van der Waals surface area contributed by atoms with Gasteiger partial charge in [-0.25, -0.2) is 0 Å². The zero-order valence-corrected chi connectivity index (χ0v) is 10.9. The van der Waals surface area contributed by atoms with E-state index in [1.54, 1.807) is 7.11 Å². The van der Waals surface area contributed by atoms with Crippen LogP contribution in [0.1, 0.15) is 5.82 Å². The van der Waals surface area contributed by atoms with E-state index in [4.69, 9.17) is 19.7 Å². The lowest BCUT2D eigenvalue weighted by Gasteiger charge is -1.99. The van der Waals surface area contributed by atoms with Crippen LogP contribution in [0.2, 0.25) is 0 Å². The third-order valence-electron chi connectivity index (χ3n) is 2.30. The van der Waals surface area contributed by atoms with E-state index < -0.39 is 0 Å². The third kappa shape index (κ3) is 3.28. The molecule has 0 aliphatic heterocycles. The van der Waals surface area contributed by atoms with Gasteiger partial charge >= 0.3 is 0 Å². The van der Waals surface area contributed by atoms with Crippen LogP contribution in [0.5, 0.6) is 0 Å². The van der Waals surface area contributed by atoms with Crippen molar-refractivity contribution in [1.82, 2.24) is 10.1 Å². The van der Waals surface area contributed by atoms with Gasteiger partial charge in [-0.15, -0.1) is 11.3 Å². The molecule has 7 heteroatoms. The number of nitrogens with zero attached hydrogens (tertiary/aromatic N) is 2. The van der Waals surface area contributed by atoms with Gasteiger partial charge in [-0.2, -0.15) is 4.98 Å². The predicted octanol–water partition coefficient (Wildman–Crippen LogP) is 1.59. The maximum Gasteiger partial charge on any atom is 0.260 e. The van der Waals surface area contributed by atoms with Crippen LogP contribution in [0.15, 0.2) is 16.0 Å². The summed E-state index contributed by atoms with van der Waals surface area (Å²) in [6.07, 6.45) is 0.608. The van der Waals surface area contributed by atoms with Crippen LogP contribution in [0, 0.1) is 0 Å². The van der Waals surface area contributed by atoms with Crippen molar-refractivity contribution in [1.29, 1.82) is 0 Å². The molecule has 0 aliphatic rings. The number of aromatic nitrogens is 2. The molecule has 18 heavy (non-hydrogen) atoms. The van der Waals surface area contributed by atoms with Gasteiger partial charge in [-0.3, -0.25) is 0 Å². The SMILES string of the molecule is COCCOCCc1noc(-c2ccsc2N)n1. The topological polar surface area (TPSA) is 83.4 Å². The first-order valence-corrected chi connectivity index (χ1v) is 6.42. The summed E-state index contributed by atoms with van der Waals surface area (Å²) in [6, 6.07) is 1.87. The molecule has 2 rings (SSSR count). The van der Waals surface area contributed by atoms with Crippen molar-refractivity contribution >= 4 is 16.3 Å². The molecule has 6 nitrogen and oxygen atoms in total. The summed E-state index contributed by atoms with van der Waals surface area (Å²) < 4.78 is 15.4. The number of nitrogens with two attached hydrogens (primary N) is 1. The zero-order valence-electron chi connectivity index (χ0n) is 10.1. The highest BCUT2D eigenvalue weighted by atomic mass is 32.1. The Balaban J connectivity index is 1.85. The fourth-order valence-electron chi connectivity index (χ4n) is 1.37. The lowest BCUT2D eigenvalue weighted by atomic mass is 10.3. The molecule has 2 aromatic rings. The number of ether oxygens (including phenoxy) is 2. The second-order valence-corrected chi connectivity index (χ2v) is 4.52. The summed E-state index contributed by atoms with van der Waals surface area (Å²) in [4.78, 5) is 4.27. The highest BCUT2D eigenvalue weighted by Gasteiger charge is 2.12. The summed E-state index contributed by atoms with van der Waals surface area (Å²) in [5, 5.41) is 6.46. The first-order chi connectivity index (χ1) is 8.81. The first kappa shape index (κ1) is 13.0. The van der Waals surface area contributed by atoms with Gasteiger partial charge in [-0.05, 0) is 11.4 Å². The van der Waals surface area contributed by atoms with Crippen molar-refractivity contribution < 1.29 is 14.0 Å². The Labute approximate surface area is 109 Å². The maximum absolute atomic E-state index is 5.79. The van der Waals surface area contributed by atoms with Crippen LogP contribution in [-0.2, 0) is 15.9 Å². The Morgan fingerprint density at radius 1 is 1.39 bits per heavy atom. The van der Waals surface area contributed by atoms with Crippen molar-refractivity contribution in [3.05, 3.63) is 17.3 Å². The standard InChI is InChI=1S/C11H15N3O3S/c1-15-5-6-16-4-2-9-13-11(17-14-9)8-3-7-18-10(8)12/h3,7H,2,4-6,12H2,1H3. The molecular weight excluding hydrogens is 254 g/mol. The van der Waals surface area contributed by atoms with Gasteiger partial charge < -0.3 is 19.7 Å². The van der Waals surface area contributed by atoms with Gasteiger partial charge in [0, 0.05) is 13.5 Å². The fourth-order valence-corrected chi connectivity index (χ4v) is 2.00. The molecule has 0 fully saturated rings. The van der Waals surface area contributed by atoms with Gasteiger partial charge in [0.05, 0.1) is 30.4 Å². The zero-order chi connectivity index (χ0) is 12.8. The minimum atomic E-state index is 0.459. The minimum Gasteiger partial charge on any atom is -0.390 e. The molecule has 0 radical (unpaired) electrons. The first-order valence-electron chi connectivity index (χ1n) is 5.54. The van der Waals surface area contributed by atoms with Crippen LogP contribution >= 0.6 is 11.3 Å². The Bertz CT molecular complexity index is 483. The average molecular weight is 269 g/mol. The van der Waals surface area contributed by atoms with Gasteiger partial charge in [0.15, 0.2) is 5.82 Å². The molecule has 0 spiro atoms. The minimum absolute atomic E-state index is 0.459. The number of hydrogen-bond donors (Lipinski definition) is 1. The van der Waals surface area contributed by atoms with E-state index in [0.717, 1.165) is 5.56 Å². The normalized spacial score (nSPS) is 10.9. The van der Waals surface area contributed by atoms with E-state index in [9.17, 15) is 0 Å². The number of hydrogen-bond acceptors (Lipinski definition) is 7. The molecule has 0 saturated carbocycles. The molecule has 0 unspecified atom stereocenters. The van der Waals surface area contributed by atoms with Gasteiger partial charge in [-0.1, -0.05) is 5.16 Å². The Hall–Kier alpha value is -1.44. The van der Waals surface area contributed by atoms with E-state index in [0.29, 0.717) is 43.0 Å². The van der Waals surface area contributed by atoms with E-state index in [1.165, 1.54) is 11.3 Å². The van der Waals surface area contributed by atoms with Crippen LogP contribution in [-0.4, -0.2) is 37.1 Å². The van der Waals surface area contributed by atoms with Crippen LogP contribution in [0.25, 0.3) is 11.5 Å². The van der Waals surface area contributed by atoms with E-state index in [2.05, 4.69) is 10.1 Å². The molecule has 2 heterocycles. The van der Waals surface area contributed by atoms with E-state index in [1.807, 2.05) is 11.4 Å². The lowest BCUT2D eigenvalue weighted by molar-refractivity contribution is 0.0714. The van der Waals surface area contributed by atoms with Crippen molar-refractivity contribution in [3.63, 3.8) is 0 Å². The number of nitrogen functional groups attached to an aromatic ring is 1. The molecule has 2 aromatic heterocycles. The molecular formula is C11H15N3O3S. The predicted molar refractivity (Wildman–Crippen MR) is 68.4 cm³/mol. The number of anilines is 1. The Morgan fingerprint density at radius 3 is 3.00 bits per heavy atom. The van der Waals surface area contributed by atoms with E-state index in [-0.39, 0.29) is 0 Å². The van der Waals surface area contributed by atoms with Crippen LogP contribution in [0.4, 0.5) is 5.00 Å².